The quantitative estimate of drug-likeness (QED) is 0.582. The third-order valence-electron chi connectivity index (χ3n) is 1.87. The molecule has 0 aliphatic rings. The second-order valence-corrected chi connectivity index (χ2v) is 3.12. The minimum atomic E-state index is -1.63. The summed E-state index contributed by atoms with van der Waals surface area (Å²) in [6.45, 7) is 9.07. The van der Waals surface area contributed by atoms with Crippen LogP contribution in [0.3, 0.4) is 0 Å². The third kappa shape index (κ3) is 6.40. The van der Waals surface area contributed by atoms with Gasteiger partial charge in [0.25, 0.3) is 5.97 Å². The van der Waals surface area contributed by atoms with Crippen molar-refractivity contribution in [3.8, 4) is 0 Å². The van der Waals surface area contributed by atoms with E-state index >= 15 is 0 Å². The maximum absolute atomic E-state index is 10.0. The van der Waals surface area contributed by atoms with Gasteiger partial charge in [-0.15, -0.1) is 0 Å². The summed E-state index contributed by atoms with van der Waals surface area (Å²) in [6.07, 6.45) is -0.380. The summed E-state index contributed by atoms with van der Waals surface area (Å²) < 4.78 is 21.0. The minimum absolute atomic E-state index is 0.135. The lowest BCUT2D eigenvalue weighted by molar-refractivity contribution is -0.378. The molecule has 0 amide bonds. The number of rotatable bonds is 10. The molecule has 0 aliphatic carbocycles. The lowest BCUT2D eigenvalue weighted by Crippen LogP contribution is -2.41. The summed E-state index contributed by atoms with van der Waals surface area (Å²) in [4.78, 5) is 0. The second-order valence-electron chi connectivity index (χ2n) is 3.12. The molecular formula is C11H24O5. The zero-order valence-corrected chi connectivity index (χ0v) is 10.7. The molecule has 0 aromatic rings. The Morgan fingerprint density at radius 2 is 1.31 bits per heavy atom. The van der Waals surface area contributed by atoms with Crippen molar-refractivity contribution in [1.29, 1.82) is 0 Å². The van der Waals surface area contributed by atoms with E-state index in [-0.39, 0.29) is 6.42 Å². The highest BCUT2D eigenvalue weighted by Crippen LogP contribution is 2.19. The van der Waals surface area contributed by atoms with Gasteiger partial charge in [-0.2, -0.15) is 0 Å². The highest BCUT2D eigenvalue weighted by molar-refractivity contribution is 4.58. The van der Waals surface area contributed by atoms with E-state index in [0.29, 0.717) is 26.4 Å². The van der Waals surface area contributed by atoms with Gasteiger partial charge in [0, 0.05) is 26.4 Å². The van der Waals surface area contributed by atoms with Gasteiger partial charge in [0.1, 0.15) is 0 Å². The Labute approximate surface area is 97.6 Å². The van der Waals surface area contributed by atoms with Crippen LogP contribution in [-0.4, -0.2) is 43.8 Å². The Morgan fingerprint density at radius 1 is 0.875 bits per heavy atom. The van der Waals surface area contributed by atoms with Crippen LogP contribution in [0.1, 0.15) is 34.1 Å². The van der Waals surface area contributed by atoms with Crippen molar-refractivity contribution in [2.24, 2.45) is 0 Å². The molecule has 0 atom stereocenters. The van der Waals surface area contributed by atoms with E-state index in [4.69, 9.17) is 18.9 Å². The summed E-state index contributed by atoms with van der Waals surface area (Å²) in [5.41, 5.74) is 0. The van der Waals surface area contributed by atoms with E-state index in [9.17, 15) is 5.11 Å². The molecule has 5 heteroatoms. The zero-order chi connectivity index (χ0) is 12.4. The van der Waals surface area contributed by atoms with Crippen LogP contribution < -0.4 is 0 Å². The SMILES string of the molecule is CCOC(CC(O)(OCC)OCC)OCC. The zero-order valence-electron chi connectivity index (χ0n) is 10.7. The molecular weight excluding hydrogens is 212 g/mol. The van der Waals surface area contributed by atoms with Crippen molar-refractivity contribution in [3.05, 3.63) is 0 Å². The third-order valence-corrected chi connectivity index (χ3v) is 1.87. The highest BCUT2D eigenvalue weighted by atomic mass is 16.8. The van der Waals surface area contributed by atoms with Crippen LogP contribution in [0.5, 0.6) is 0 Å². The van der Waals surface area contributed by atoms with Gasteiger partial charge in [0.15, 0.2) is 6.29 Å². The molecule has 0 aliphatic heterocycles. The van der Waals surface area contributed by atoms with Crippen molar-refractivity contribution < 1.29 is 24.1 Å². The average Bonchev–Trinajstić information content (AvgIpc) is 2.18. The van der Waals surface area contributed by atoms with Gasteiger partial charge in [-0.25, -0.2) is 0 Å². The summed E-state index contributed by atoms with van der Waals surface area (Å²) in [6, 6.07) is 0. The van der Waals surface area contributed by atoms with Gasteiger partial charge in [0.2, 0.25) is 0 Å². The van der Waals surface area contributed by atoms with Crippen LogP contribution in [0.25, 0.3) is 0 Å². The van der Waals surface area contributed by atoms with E-state index in [1.165, 1.54) is 0 Å². The molecule has 0 fully saturated rings. The van der Waals surface area contributed by atoms with Gasteiger partial charge in [-0.3, -0.25) is 0 Å². The predicted molar refractivity (Wildman–Crippen MR) is 59.9 cm³/mol. The minimum Gasteiger partial charge on any atom is -0.353 e. The molecule has 5 nitrogen and oxygen atoms in total. The van der Waals surface area contributed by atoms with Crippen LogP contribution in [0.15, 0.2) is 0 Å². The fourth-order valence-corrected chi connectivity index (χ4v) is 1.36. The van der Waals surface area contributed by atoms with Crippen molar-refractivity contribution in [2.45, 2.75) is 46.4 Å². The van der Waals surface area contributed by atoms with Crippen LogP contribution in [0.4, 0.5) is 0 Å². The Morgan fingerprint density at radius 3 is 1.62 bits per heavy atom. The van der Waals surface area contributed by atoms with Gasteiger partial charge in [0.05, 0.1) is 6.42 Å². The van der Waals surface area contributed by atoms with E-state index in [1.54, 1.807) is 13.8 Å². The van der Waals surface area contributed by atoms with Crippen LogP contribution in [0.2, 0.25) is 0 Å². The van der Waals surface area contributed by atoms with Crippen LogP contribution in [-0.2, 0) is 18.9 Å². The van der Waals surface area contributed by atoms with Gasteiger partial charge in [-0.1, -0.05) is 0 Å². The van der Waals surface area contributed by atoms with Gasteiger partial charge >= 0.3 is 0 Å². The monoisotopic (exact) mass is 236 g/mol. The first-order valence-corrected chi connectivity index (χ1v) is 5.85. The van der Waals surface area contributed by atoms with Crippen molar-refractivity contribution in [2.75, 3.05) is 26.4 Å². The van der Waals surface area contributed by atoms with Crippen LogP contribution in [0, 0.1) is 0 Å². The maximum atomic E-state index is 10.0. The van der Waals surface area contributed by atoms with Crippen molar-refractivity contribution in [3.63, 3.8) is 0 Å². The molecule has 0 heterocycles. The van der Waals surface area contributed by atoms with E-state index < -0.39 is 12.3 Å². The van der Waals surface area contributed by atoms with Crippen molar-refractivity contribution in [1.82, 2.24) is 0 Å². The summed E-state index contributed by atoms with van der Waals surface area (Å²) >= 11 is 0. The largest absolute Gasteiger partial charge is 0.353 e. The normalized spacial score (nSPS) is 12.4. The molecule has 16 heavy (non-hydrogen) atoms. The van der Waals surface area contributed by atoms with Crippen LogP contribution >= 0.6 is 0 Å². The van der Waals surface area contributed by atoms with E-state index in [1.807, 2.05) is 13.8 Å². The average molecular weight is 236 g/mol. The number of ether oxygens (including phenoxy) is 4. The molecule has 1 N–H and O–H groups in total. The number of aliphatic hydroxyl groups is 1. The molecule has 0 saturated heterocycles. The first-order chi connectivity index (χ1) is 7.61. The predicted octanol–water partition coefficient (Wildman–Crippen LogP) is 1.49. The molecule has 0 radical (unpaired) electrons. The summed E-state index contributed by atoms with van der Waals surface area (Å²) in [5.74, 6) is -1.63. The molecule has 0 spiro atoms. The Bertz CT molecular complexity index is 150. The first kappa shape index (κ1) is 15.8. The second kappa shape index (κ2) is 8.90. The summed E-state index contributed by atoms with van der Waals surface area (Å²) in [5, 5.41) is 10.0. The molecule has 0 saturated carbocycles. The Hall–Kier alpha value is -0.200. The number of hydrogen-bond donors (Lipinski definition) is 1. The Kier molecular flexibility index (Phi) is 8.78. The molecule has 0 aromatic carbocycles. The first-order valence-electron chi connectivity index (χ1n) is 5.85. The smallest absolute Gasteiger partial charge is 0.285 e. The molecule has 0 aromatic heterocycles. The highest BCUT2D eigenvalue weighted by Gasteiger charge is 2.33. The number of hydrogen-bond acceptors (Lipinski definition) is 5. The topological polar surface area (TPSA) is 57.2 Å². The lowest BCUT2D eigenvalue weighted by Gasteiger charge is -2.30. The van der Waals surface area contributed by atoms with E-state index in [0.717, 1.165) is 0 Å². The fourth-order valence-electron chi connectivity index (χ4n) is 1.36. The molecule has 98 valence electrons. The van der Waals surface area contributed by atoms with Gasteiger partial charge < -0.3 is 24.1 Å². The Balaban J connectivity index is 4.30. The maximum Gasteiger partial charge on any atom is 0.285 e. The standard InChI is InChI=1S/C11H24O5/c1-5-13-10(14-6-2)9-11(12,15-7-3)16-8-4/h10,12H,5-9H2,1-4H3. The van der Waals surface area contributed by atoms with Crippen molar-refractivity contribution >= 4 is 0 Å². The fraction of sp³-hybridized carbons (Fsp3) is 1.00. The molecule has 0 rings (SSSR count). The molecule has 0 bridgehead atoms. The molecule has 0 unspecified atom stereocenters. The van der Waals surface area contributed by atoms with Gasteiger partial charge in [-0.05, 0) is 27.7 Å². The van der Waals surface area contributed by atoms with E-state index in [2.05, 4.69) is 0 Å². The summed E-state index contributed by atoms with van der Waals surface area (Å²) in [7, 11) is 0. The lowest BCUT2D eigenvalue weighted by atomic mass is 10.3.